The van der Waals surface area contributed by atoms with Gasteiger partial charge in [0.15, 0.2) is 0 Å². The van der Waals surface area contributed by atoms with Gasteiger partial charge in [-0.3, -0.25) is 4.72 Å². The van der Waals surface area contributed by atoms with Crippen LogP contribution in [0.1, 0.15) is 24.8 Å². The molecular formula is C18H21FN2O2S. The van der Waals surface area contributed by atoms with Crippen molar-refractivity contribution in [3.63, 3.8) is 0 Å². The van der Waals surface area contributed by atoms with Gasteiger partial charge in [-0.05, 0) is 50.5 Å². The van der Waals surface area contributed by atoms with Gasteiger partial charge in [0.05, 0.1) is 16.3 Å². The third kappa shape index (κ3) is 3.70. The Bertz CT molecular complexity index is 813. The van der Waals surface area contributed by atoms with E-state index in [1.807, 2.05) is 11.8 Å². The maximum atomic E-state index is 14.4. The van der Waals surface area contributed by atoms with Crippen LogP contribution in [0.2, 0.25) is 0 Å². The van der Waals surface area contributed by atoms with Crippen molar-refractivity contribution in [3.8, 4) is 0 Å². The maximum Gasteiger partial charge on any atom is 0.261 e. The van der Waals surface area contributed by atoms with Crippen LogP contribution in [0.15, 0.2) is 47.4 Å². The second-order valence-corrected chi connectivity index (χ2v) is 7.81. The first-order chi connectivity index (χ1) is 11.5. The molecule has 2 aromatic carbocycles. The van der Waals surface area contributed by atoms with Crippen LogP contribution in [0.3, 0.4) is 0 Å². The molecule has 0 amide bonds. The molecule has 1 fully saturated rings. The summed E-state index contributed by atoms with van der Waals surface area (Å²) < 4.78 is 41.6. The Morgan fingerprint density at radius 1 is 1.00 bits per heavy atom. The molecule has 3 rings (SSSR count). The van der Waals surface area contributed by atoms with Crippen molar-refractivity contribution in [2.24, 2.45) is 0 Å². The predicted octanol–water partition coefficient (Wildman–Crippen LogP) is 3.93. The summed E-state index contributed by atoms with van der Waals surface area (Å²) in [5.74, 6) is -0.402. The fourth-order valence-corrected chi connectivity index (χ4v) is 3.94. The minimum atomic E-state index is -3.71. The number of rotatable bonds is 4. The van der Waals surface area contributed by atoms with Gasteiger partial charge in [-0.2, -0.15) is 0 Å². The number of piperidine rings is 1. The van der Waals surface area contributed by atoms with Crippen LogP contribution in [0, 0.1) is 12.7 Å². The number of halogens is 1. The number of aryl methyl sites for hydroxylation is 1. The molecule has 0 unspecified atom stereocenters. The average Bonchev–Trinajstić information content (AvgIpc) is 2.56. The molecule has 24 heavy (non-hydrogen) atoms. The van der Waals surface area contributed by atoms with Crippen molar-refractivity contribution in [3.05, 3.63) is 53.8 Å². The van der Waals surface area contributed by atoms with Crippen LogP contribution in [0.5, 0.6) is 0 Å². The number of anilines is 2. The standard InChI is InChI=1S/C18H21FN2O2S/c1-14-5-8-16(9-6-14)24(22,23)20-15-7-10-18(17(19)13-15)21-11-3-2-4-12-21/h5-10,13,20H,2-4,11-12H2,1H3. The highest BCUT2D eigenvalue weighted by atomic mass is 32.2. The molecule has 0 atom stereocenters. The summed E-state index contributed by atoms with van der Waals surface area (Å²) >= 11 is 0. The van der Waals surface area contributed by atoms with Gasteiger partial charge >= 0.3 is 0 Å². The van der Waals surface area contributed by atoms with Gasteiger partial charge in [0.1, 0.15) is 5.82 Å². The van der Waals surface area contributed by atoms with E-state index >= 15 is 0 Å². The van der Waals surface area contributed by atoms with Crippen molar-refractivity contribution in [1.29, 1.82) is 0 Å². The highest BCUT2D eigenvalue weighted by Gasteiger charge is 2.18. The molecule has 1 N–H and O–H groups in total. The minimum Gasteiger partial charge on any atom is -0.369 e. The summed E-state index contributed by atoms with van der Waals surface area (Å²) in [6, 6.07) is 11.0. The molecule has 4 nitrogen and oxygen atoms in total. The normalized spacial score (nSPS) is 15.3. The van der Waals surface area contributed by atoms with Gasteiger partial charge in [0.25, 0.3) is 10.0 Å². The number of sulfonamides is 1. The highest BCUT2D eigenvalue weighted by molar-refractivity contribution is 7.92. The Hall–Kier alpha value is -2.08. The second-order valence-electron chi connectivity index (χ2n) is 6.13. The van der Waals surface area contributed by atoms with Crippen LogP contribution < -0.4 is 9.62 Å². The number of nitrogens with zero attached hydrogens (tertiary/aromatic N) is 1. The molecule has 0 spiro atoms. The quantitative estimate of drug-likeness (QED) is 0.911. The number of nitrogens with one attached hydrogen (secondary N) is 1. The van der Waals surface area contributed by atoms with Gasteiger partial charge in [0, 0.05) is 19.2 Å². The van der Waals surface area contributed by atoms with E-state index in [0.717, 1.165) is 31.5 Å². The van der Waals surface area contributed by atoms with Gasteiger partial charge in [-0.15, -0.1) is 0 Å². The van der Waals surface area contributed by atoms with E-state index in [-0.39, 0.29) is 10.6 Å². The third-order valence-corrected chi connectivity index (χ3v) is 5.63. The topological polar surface area (TPSA) is 49.4 Å². The summed E-state index contributed by atoms with van der Waals surface area (Å²) in [5, 5.41) is 0. The van der Waals surface area contributed by atoms with E-state index < -0.39 is 15.8 Å². The predicted molar refractivity (Wildman–Crippen MR) is 94.5 cm³/mol. The van der Waals surface area contributed by atoms with Gasteiger partial charge in [-0.25, -0.2) is 12.8 Å². The van der Waals surface area contributed by atoms with Crippen LogP contribution >= 0.6 is 0 Å². The lowest BCUT2D eigenvalue weighted by Crippen LogP contribution is -2.30. The van der Waals surface area contributed by atoms with Gasteiger partial charge in [0.2, 0.25) is 0 Å². The monoisotopic (exact) mass is 348 g/mol. The summed E-state index contributed by atoms with van der Waals surface area (Å²) in [6.07, 6.45) is 3.29. The molecule has 0 saturated carbocycles. The zero-order valence-electron chi connectivity index (χ0n) is 13.6. The lowest BCUT2D eigenvalue weighted by atomic mass is 10.1. The Labute approximate surface area is 142 Å². The minimum absolute atomic E-state index is 0.161. The van der Waals surface area contributed by atoms with Gasteiger partial charge < -0.3 is 4.90 Å². The molecule has 1 heterocycles. The average molecular weight is 348 g/mol. The lowest BCUT2D eigenvalue weighted by Gasteiger charge is -2.29. The maximum absolute atomic E-state index is 14.4. The zero-order chi connectivity index (χ0) is 17.2. The molecule has 128 valence electrons. The number of benzene rings is 2. The van der Waals surface area contributed by atoms with Crippen LogP contribution in [-0.4, -0.2) is 21.5 Å². The van der Waals surface area contributed by atoms with E-state index in [4.69, 9.17) is 0 Å². The molecule has 1 aliphatic rings. The van der Waals surface area contributed by atoms with E-state index in [1.165, 1.54) is 24.6 Å². The summed E-state index contributed by atoms with van der Waals surface area (Å²) in [6.45, 7) is 3.56. The van der Waals surface area contributed by atoms with Crippen molar-refractivity contribution in [2.45, 2.75) is 31.1 Å². The Kier molecular flexibility index (Phi) is 4.76. The lowest BCUT2D eigenvalue weighted by molar-refractivity contribution is 0.557. The molecule has 6 heteroatoms. The Morgan fingerprint density at radius 3 is 2.29 bits per heavy atom. The SMILES string of the molecule is Cc1ccc(S(=O)(=O)Nc2ccc(N3CCCCC3)c(F)c2)cc1. The van der Waals surface area contributed by atoms with Crippen LogP contribution in [0.4, 0.5) is 15.8 Å². The van der Waals surface area contributed by atoms with Crippen LogP contribution in [0.25, 0.3) is 0 Å². The first-order valence-corrected chi connectivity index (χ1v) is 9.58. The van der Waals surface area contributed by atoms with Gasteiger partial charge in [-0.1, -0.05) is 17.7 Å². The smallest absolute Gasteiger partial charge is 0.261 e. The molecule has 2 aromatic rings. The molecular weight excluding hydrogens is 327 g/mol. The molecule has 0 bridgehead atoms. The first-order valence-electron chi connectivity index (χ1n) is 8.10. The molecule has 0 aromatic heterocycles. The first kappa shape index (κ1) is 16.8. The van der Waals surface area contributed by atoms with E-state index in [9.17, 15) is 12.8 Å². The van der Waals surface area contributed by atoms with Crippen molar-refractivity contribution in [1.82, 2.24) is 0 Å². The van der Waals surface area contributed by atoms with Crippen molar-refractivity contribution >= 4 is 21.4 Å². The third-order valence-electron chi connectivity index (χ3n) is 4.23. The van der Waals surface area contributed by atoms with E-state index in [0.29, 0.717) is 5.69 Å². The zero-order valence-corrected chi connectivity index (χ0v) is 14.4. The van der Waals surface area contributed by atoms with Crippen molar-refractivity contribution in [2.75, 3.05) is 22.7 Å². The molecule has 0 aliphatic carbocycles. The Balaban J connectivity index is 1.80. The fourth-order valence-electron chi connectivity index (χ4n) is 2.89. The summed E-state index contributed by atoms with van der Waals surface area (Å²) in [5.41, 5.74) is 1.74. The second kappa shape index (κ2) is 6.81. The fraction of sp³-hybridized carbons (Fsp3) is 0.333. The molecule has 1 saturated heterocycles. The van der Waals surface area contributed by atoms with Crippen LogP contribution in [-0.2, 0) is 10.0 Å². The van der Waals surface area contributed by atoms with E-state index in [2.05, 4.69) is 4.72 Å². The highest BCUT2D eigenvalue weighted by Crippen LogP contribution is 2.27. The van der Waals surface area contributed by atoms with E-state index in [1.54, 1.807) is 24.3 Å². The number of hydrogen-bond acceptors (Lipinski definition) is 3. The molecule has 1 aliphatic heterocycles. The largest absolute Gasteiger partial charge is 0.369 e. The summed E-state index contributed by atoms with van der Waals surface area (Å²) in [7, 11) is -3.71. The Morgan fingerprint density at radius 2 is 1.67 bits per heavy atom. The van der Waals surface area contributed by atoms with Crippen molar-refractivity contribution < 1.29 is 12.8 Å². The number of hydrogen-bond donors (Lipinski definition) is 1. The summed E-state index contributed by atoms with van der Waals surface area (Å²) in [4.78, 5) is 2.17. The molecule has 0 radical (unpaired) electrons.